The smallest absolute Gasteiger partial charge is 0.191 e. The Morgan fingerprint density at radius 1 is 1.42 bits per heavy atom. The Hall–Kier alpha value is -1.18. The van der Waals surface area contributed by atoms with Crippen molar-refractivity contribution in [2.75, 3.05) is 39.8 Å². The molecule has 2 N–H and O–H groups in total. The number of aryl methyl sites for hydroxylation is 2. The molecule has 136 valence electrons. The molecule has 0 amide bonds. The van der Waals surface area contributed by atoms with Crippen molar-refractivity contribution >= 4 is 17.3 Å². The number of thiazole rings is 1. The first kappa shape index (κ1) is 19.1. The molecule has 2 rings (SSSR count). The Labute approximate surface area is 149 Å². The lowest BCUT2D eigenvalue weighted by molar-refractivity contribution is -0.0284. The van der Waals surface area contributed by atoms with Gasteiger partial charge < -0.3 is 15.4 Å². The Morgan fingerprint density at radius 2 is 2.21 bits per heavy atom. The van der Waals surface area contributed by atoms with Crippen LogP contribution in [0.25, 0.3) is 0 Å². The van der Waals surface area contributed by atoms with Crippen LogP contribution < -0.4 is 10.6 Å². The van der Waals surface area contributed by atoms with Gasteiger partial charge in [0.15, 0.2) is 5.96 Å². The molecule has 0 bridgehead atoms. The maximum atomic E-state index is 5.88. The van der Waals surface area contributed by atoms with Gasteiger partial charge in [-0.05, 0) is 19.8 Å². The average molecular weight is 354 g/mol. The summed E-state index contributed by atoms with van der Waals surface area (Å²) in [6.45, 7) is 14.1. The van der Waals surface area contributed by atoms with Crippen molar-refractivity contribution in [1.82, 2.24) is 20.5 Å². The fourth-order valence-corrected chi connectivity index (χ4v) is 3.80. The van der Waals surface area contributed by atoms with Gasteiger partial charge in [0.1, 0.15) is 0 Å². The number of rotatable bonds is 6. The summed E-state index contributed by atoms with van der Waals surface area (Å²) < 4.78 is 5.88. The number of guanidine groups is 1. The van der Waals surface area contributed by atoms with E-state index in [-0.39, 0.29) is 6.10 Å². The standard InChI is InChI=1S/C17H31N5OS/c1-12(2)10-22-6-7-23-15(11-22)8-19-17(18-5)20-9-16-13(3)21-14(4)24-16/h12,15H,6-11H2,1-5H3,(H2,18,19,20). The van der Waals surface area contributed by atoms with Gasteiger partial charge in [0.2, 0.25) is 0 Å². The van der Waals surface area contributed by atoms with Crippen molar-refractivity contribution in [1.29, 1.82) is 0 Å². The summed E-state index contributed by atoms with van der Waals surface area (Å²) in [4.78, 5) is 12.5. The van der Waals surface area contributed by atoms with Gasteiger partial charge in [-0.2, -0.15) is 0 Å². The second-order valence-corrected chi connectivity index (χ2v) is 7.98. The highest BCUT2D eigenvalue weighted by Crippen LogP contribution is 2.16. The van der Waals surface area contributed by atoms with Crippen LogP contribution >= 0.6 is 11.3 Å². The van der Waals surface area contributed by atoms with Crippen LogP contribution in [0, 0.1) is 19.8 Å². The maximum absolute atomic E-state index is 5.88. The van der Waals surface area contributed by atoms with E-state index >= 15 is 0 Å². The molecule has 1 fully saturated rings. The lowest BCUT2D eigenvalue weighted by atomic mass is 10.2. The van der Waals surface area contributed by atoms with E-state index in [2.05, 4.69) is 46.3 Å². The molecule has 24 heavy (non-hydrogen) atoms. The molecule has 1 aliphatic heterocycles. The Morgan fingerprint density at radius 3 is 2.83 bits per heavy atom. The number of hydrogen-bond donors (Lipinski definition) is 2. The fourth-order valence-electron chi connectivity index (χ4n) is 2.92. The Balaban J connectivity index is 1.76. The number of nitrogens with one attached hydrogen (secondary N) is 2. The molecule has 1 atom stereocenters. The third-order valence-corrected chi connectivity index (χ3v) is 5.06. The first-order valence-corrected chi connectivity index (χ1v) is 9.51. The summed E-state index contributed by atoms with van der Waals surface area (Å²) >= 11 is 1.73. The third-order valence-electron chi connectivity index (χ3n) is 3.98. The zero-order chi connectivity index (χ0) is 17.5. The van der Waals surface area contributed by atoms with E-state index in [4.69, 9.17) is 4.74 Å². The topological polar surface area (TPSA) is 61.8 Å². The molecule has 6 nitrogen and oxygen atoms in total. The average Bonchev–Trinajstić information content (AvgIpc) is 2.85. The monoisotopic (exact) mass is 353 g/mol. The molecule has 7 heteroatoms. The minimum absolute atomic E-state index is 0.212. The van der Waals surface area contributed by atoms with E-state index in [9.17, 15) is 0 Å². The molecular weight excluding hydrogens is 322 g/mol. The van der Waals surface area contributed by atoms with Crippen LogP contribution in [0.3, 0.4) is 0 Å². The SMILES string of the molecule is CN=C(NCc1sc(C)nc1C)NCC1CN(CC(C)C)CCO1. The predicted octanol–water partition coefficient (Wildman–Crippen LogP) is 1.78. The molecule has 2 heterocycles. The minimum Gasteiger partial charge on any atom is -0.374 e. The van der Waals surface area contributed by atoms with Crippen LogP contribution in [0.15, 0.2) is 4.99 Å². The molecule has 1 unspecified atom stereocenters. The third kappa shape index (κ3) is 6.03. The van der Waals surface area contributed by atoms with Gasteiger partial charge in [-0.25, -0.2) is 4.98 Å². The van der Waals surface area contributed by atoms with E-state index in [0.29, 0.717) is 5.92 Å². The van der Waals surface area contributed by atoms with Crippen molar-refractivity contribution in [2.24, 2.45) is 10.9 Å². The molecule has 0 spiro atoms. The van der Waals surface area contributed by atoms with Gasteiger partial charge in [0.05, 0.1) is 30.0 Å². The van der Waals surface area contributed by atoms with Crippen molar-refractivity contribution in [3.05, 3.63) is 15.6 Å². The molecule has 0 aliphatic carbocycles. The van der Waals surface area contributed by atoms with Crippen LogP contribution in [0.2, 0.25) is 0 Å². The molecule has 0 saturated carbocycles. The summed E-state index contributed by atoms with van der Waals surface area (Å²) in [5.74, 6) is 1.50. The van der Waals surface area contributed by atoms with E-state index in [1.807, 2.05) is 6.92 Å². The lowest BCUT2D eigenvalue weighted by Gasteiger charge is -2.34. The van der Waals surface area contributed by atoms with Gasteiger partial charge in [-0.3, -0.25) is 9.89 Å². The van der Waals surface area contributed by atoms with Gasteiger partial charge in [0, 0.05) is 38.1 Å². The van der Waals surface area contributed by atoms with E-state index in [1.54, 1.807) is 18.4 Å². The highest BCUT2D eigenvalue weighted by atomic mass is 32.1. The predicted molar refractivity (Wildman–Crippen MR) is 101 cm³/mol. The molecule has 0 aromatic carbocycles. The van der Waals surface area contributed by atoms with Crippen LogP contribution in [0.4, 0.5) is 0 Å². The molecule has 1 aliphatic rings. The fraction of sp³-hybridized carbons (Fsp3) is 0.765. The second-order valence-electron chi connectivity index (χ2n) is 6.69. The number of hydrogen-bond acceptors (Lipinski definition) is 5. The minimum atomic E-state index is 0.212. The van der Waals surface area contributed by atoms with Crippen molar-refractivity contribution in [2.45, 2.75) is 40.3 Å². The summed E-state index contributed by atoms with van der Waals surface area (Å²) in [6, 6.07) is 0. The highest BCUT2D eigenvalue weighted by Gasteiger charge is 2.21. The van der Waals surface area contributed by atoms with E-state index < -0.39 is 0 Å². The number of aliphatic imine (C=N–C) groups is 1. The van der Waals surface area contributed by atoms with E-state index in [1.165, 1.54) is 4.88 Å². The molecular formula is C17H31N5OS. The highest BCUT2D eigenvalue weighted by molar-refractivity contribution is 7.11. The zero-order valence-corrected chi connectivity index (χ0v) is 16.4. The van der Waals surface area contributed by atoms with Crippen molar-refractivity contribution in [3.8, 4) is 0 Å². The Kier molecular flexibility index (Phi) is 7.45. The quantitative estimate of drug-likeness (QED) is 0.603. The van der Waals surface area contributed by atoms with Crippen molar-refractivity contribution < 1.29 is 4.74 Å². The molecule has 1 aromatic heterocycles. The number of ether oxygens (including phenoxy) is 1. The number of morpholine rings is 1. The van der Waals surface area contributed by atoms with Gasteiger partial charge in [-0.15, -0.1) is 11.3 Å². The van der Waals surface area contributed by atoms with Gasteiger partial charge >= 0.3 is 0 Å². The summed E-state index contributed by atoms with van der Waals surface area (Å²) in [5.41, 5.74) is 1.10. The van der Waals surface area contributed by atoms with Crippen LogP contribution in [-0.4, -0.2) is 61.8 Å². The van der Waals surface area contributed by atoms with Crippen LogP contribution in [0.1, 0.15) is 29.4 Å². The second kappa shape index (κ2) is 9.34. The lowest BCUT2D eigenvalue weighted by Crippen LogP contribution is -2.50. The number of aromatic nitrogens is 1. The van der Waals surface area contributed by atoms with Gasteiger partial charge in [0.25, 0.3) is 0 Å². The zero-order valence-electron chi connectivity index (χ0n) is 15.6. The first-order chi connectivity index (χ1) is 11.5. The van der Waals surface area contributed by atoms with Gasteiger partial charge in [-0.1, -0.05) is 13.8 Å². The first-order valence-electron chi connectivity index (χ1n) is 8.69. The van der Waals surface area contributed by atoms with Crippen molar-refractivity contribution in [3.63, 3.8) is 0 Å². The molecule has 0 radical (unpaired) electrons. The van der Waals surface area contributed by atoms with E-state index in [0.717, 1.165) is 56.0 Å². The Bertz CT molecular complexity index is 543. The molecule has 1 aromatic rings. The number of nitrogens with zero attached hydrogens (tertiary/aromatic N) is 3. The summed E-state index contributed by atoms with van der Waals surface area (Å²) in [6.07, 6.45) is 0.212. The normalized spacial score (nSPS) is 19.8. The maximum Gasteiger partial charge on any atom is 0.191 e. The summed E-state index contributed by atoms with van der Waals surface area (Å²) in [7, 11) is 1.80. The van der Waals surface area contributed by atoms with Crippen LogP contribution in [-0.2, 0) is 11.3 Å². The summed E-state index contributed by atoms with van der Waals surface area (Å²) in [5, 5.41) is 7.85. The largest absolute Gasteiger partial charge is 0.374 e. The molecule has 1 saturated heterocycles. The van der Waals surface area contributed by atoms with Crippen LogP contribution in [0.5, 0.6) is 0 Å².